The highest BCUT2D eigenvalue weighted by Gasteiger charge is 2.20. The zero-order valence-electron chi connectivity index (χ0n) is 20.8. The highest BCUT2D eigenvalue weighted by molar-refractivity contribution is 7.99. The lowest BCUT2D eigenvalue weighted by molar-refractivity contribution is -0.128. The summed E-state index contributed by atoms with van der Waals surface area (Å²) in [7, 11) is 0. The van der Waals surface area contributed by atoms with Crippen molar-refractivity contribution < 1.29 is 4.79 Å². The summed E-state index contributed by atoms with van der Waals surface area (Å²) in [4.78, 5) is 36.9. The SMILES string of the molecule is CCN(Cc1ccccc1)C(=O)CSc1nc2c(-c3ccccc3)c[nH]c2c(=O)n1-c1ccc(C)cc1. The van der Waals surface area contributed by atoms with Crippen molar-refractivity contribution in [3.63, 3.8) is 0 Å². The molecule has 0 aliphatic rings. The van der Waals surface area contributed by atoms with Crippen LogP contribution in [0.15, 0.2) is 101 Å². The quantitative estimate of drug-likeness (QED) is 0.211. The summed E-state index contributed by atoms with van der Waals surface area (Å²) in [6.07, 6.45) is 1.83. The number of fused-ring (bicyclic) bond motifs is 1. The van der Waals surface area contributed by atoms with Gasteiger partial charge in [-0.25, -0.2) is 4.98 Å². The number of thioether (sulfide) groups is 1. The summed E-state index contributed by atoms with van der Waals surface area (Å²) in [5.74, 6) is 0.175. The summed E-state index contributed by atoms with van der Waals surface area (Å²) in [6.45, 7) is 5.13. The minimum atomic E-state index is -0.192. The molecular formula is C30H28N4O2S. The van der Waals surface area contributed by atoms with Crippen molar-refractivity contribution in [2.24, 2.45) is 0 Å². The number of carbonyl (C=O) groups excluding carboxylic acids is 1. The van der Waals surface area contributed by atoms with Crippen LogP contribution in [0.25, 0.3) is 27.8 Å². The Kier molecular flexibility index (Phi) is 7.23. The highest BCUT2D eigenvalue weighted by Crippen LogP contribution is 2.29. The average molecular weight is 509 g/mol. The van der Waals surface area contributed by atoms with Gasteiger partial charge in [0.15, 0.2) is 5.16 Å². The van der Waals surface area contributed by atoms with Gasteiger partial charge < -0.3 is 9.88 Å². The van der Waals surface area contributed by atoms with Crippen LogP contribution in [0.1, 0.15) is 18.1 Å². The Balaban J connectivity index is 1.53. The maximum atomic E-state index is 13.7. The van der Waals surface area contributed by atoms with Gasteiger partial charge in [0.2, 0.25) is 5.91 Å². The standard InChI is InChI=1S/C30H28N4O2S/c1-3-33(19-22-10-6-4-7-11-22)26(35)20-37-30-32-27-25(23-12-8-5-9-13-23)18-31-28(27)29(36)34(30)24-16-14-21(2)15-17-24/h4-18,31H,3,19-20H2,1-2H3. The molecule has 2 heterocycles. The Bertz CT molecular complexity index is 1580. The van der Waals surface area contributed by atoms with E-state index in [0.717, 1.165) is 22.3 Å². The smallest absolute Gasteiger partial charge is 0.283 e. The summed E-state index contributed by atoms with van der Waals surface area (Å²) < 4.78 is 1.60. The van der Waals surface area contributed by atoms with Gasteiger partial charge in [0.25, 0.3) is 5.56 Å². The van der Waals surface area contributed by atoms with Gasteiger partial charge >= 0.3 is 0 Å². The summed E-state index contributed by atoms with van der Waals surface area (Å²) >= 11 is 1.29. The molecule has 0 fully saturated rings. The molecule has 1 N–H and O–H groups in total. The largest absolute Gasteiger partial charge is 0.355 e. The number of aromatic nitrogens is 3. The van der Waals surface area contributed by atoms with Gasteiger partial charge in [-0.05, 0) is 37.1 Å². The van der Waals surface area contributed by atoms with Crippen LogP contribution < -0.4 is 5.56 Å². The first-order valence-corrected chi connectivity index (χ1v) is 13.2. The predicted molar refractivity (Wildman–Crippen MR) is 150 cm³/mol. The number of hydrogen-bond donors (Lipinski definition) is 1. The lowest BCUT2D eigenvalue weighted by Crippen LogP contribution is -2.32. The van der Waals surface area contributed by atoms with Crippen molar-refractivity contribution in [2.75, 3.05) is 12.3 Å². The fraction of sp³-hybridized carbons (Fsp3) is 0.167. The topological polar surface area (TPSA) is 71.0 Å². The predicted octanol–water partition coefficient (Wildman–Crippen LogP) is 5.83. The molecule has 0 aliphatic heterocycles. The van der Waals surface area contributed by atoms with Crippen molar-refractivity contribution in [3.8, 4) is 16.8 Å². The lowest BCUT2D eigenvalue weighted by atomic mass is 10.1. The van der Waals surface area contributed by atoms with Crippen molar-refractivity contribution >= 4 is 28.7 Å². The molecule has 7 heteroatoms. The van der Waals surface area contributed by atoms with Crippen LogP contribution in [0, 0.1) is 6.92 Å². The number of aryl methyl sites for hydroxylation is 1. The highest BCUT2D eigenvalue weighted by atomic mass is 32.2. The molecule has 3 aromatic carbocycles. The zero-order valence-corrected chi connectivity index (χ0v) is 21.7. The van der Waals surface area contributed by atoms with Crippen LogP contribution in [-0.4, -0.2) is 37.6 Å². The maximum Gasteiger partial charge on any atom is 0.283 e. The second kappa shape index (κ2) is 10.9. The van der Waals surface area contributed by atoms with Crippen molar-refractivity contribution in [2.45, 2.75) is 25.5 Å². The van der Waals surface area contributed by atoms with E-state index in [1.165, 1.54) is 11.8 Å². The second-order valence-electron chi connectivity index (χ2n) is 8.84. The minimum Gasteiger partial charge on any atom is -0.355 e. The van der Waals surface area contributed by atoms with Gasteiger partial charge in [-0.2, -0.15) is 0 Å². The van der Waals surface area contributed by atoms with E-state index in [4.69, 9.17) is 4.98 Å². The first kappa shape index (κ1) is 24.6. The number of nitrogens with zero attached hydrogens (tertiary/aromatic N) is 3. The van der Waals surface area contributed by atoms with Gasteiger partial charge in [0.05, 0.1) is 11.4 Å². The van der Waals surface area contributed by atoms with Crippen LogP contribution >= 0.6 is 11.8 Å². The molecule has 5 rings (SSSR count). The molecule has 37 heavy (non-hydrogen) atoms. The van der Waals surface area contributed by atoms with Crippen LogP contribution in [0.3, 0.4) is 0 Å². The molecule has 0 unspecified atom stereocenters. The first-order chi connectivity index (χ1) is 18.0. The van der Waals surface area contributed by atoms with Gasteiger partial charge in [0.1, 0.15) is 11.0 Å². The zero-order chi connectivity index (χ0) is 25.8. The number of H-pyrrole nitrogens is 1. The normalized spacial score (nSPS) is 11.1. The molecule has 0 aliphatic carbocycles. The molecule has 0 saturated heterocycles. The Labute approximate surface area is 220 Å². The number of aromatic amines is 1. The van der Waals surface area contributed by atoms with Gasteiger partial charge in [-0.15, -0.1) is 0 Å². The van der Waals surface area contributed by atoms with E-state index in [0.29, 0.717) is 35.0 Å². The Morgan fingerprint density at radius 1 is 0.973 bits per heavy atom. The molecule has 0 atom stereocenters. The molecule has 0 bridgehead atoms. The van der Waals surface area contributed by atoms with Gasteiger partial charge in [0, 0.05) is 24.8 Å². The van der Waals surface area contributed by atoms with Gasteiger partial charge in [-0.3, -0.25) is 14.2 Å². The number of rotatable bonds is 8. The third-order valence-electron chi connectivity index (χ3n) is 6.32. The molecule has 0 radical (unpaired) electrons. The van der Waals surface area contributed by atoms with Crippen molar-refractivity contribution in [3.05, 3.63) is 113 Å². The Morgan fingerprint density at radius 2 is 1.65 bits per heavy atom. The van der Waals surface area contributed by atoms with E-state index < -0.39 is 0 Å². The fourth-order valence-corrected chi connectivity index (χ4v) is 5.20. The third-order valence-corrected chi connectivity index (χ3v) is 7.24. The molecule has 186 valence electrons. The number of carbonyl (C=O) groups is 1. The molecule has 6 nitrogen and oxygen atoms in total. The molecular weight excluding hydrogens is 480 g/mol. The number of benzene rings is 3. The van der Waals surface area contributed by atoms with E-state index in [1.807, 2.05) is 110 Å². The fourth-order valence-electron chi connectivity index (χ4n) is 4.29. The number of nitrogens with one attached hydrogen (secondary N) is 1. The van der Waals surface area contributed by atoms with E-state index in [2.05, 4.69) is 4.98 Å². The summed E-state index contributed by atoms with van der Waals surface area (Å²) in [6, 6.07) is 27.6. The van der Waals surface area contributed by atoms with Crippen molar-refractivity contribution in [1.29, 1.82) is 0 Å². The second-order valence-corrected chi connectivity index (χ2v) is 9.79. The van der Waals surface area contributed by atoms with Crippen LogP contribution in [0.4, 0.5) is 0 Å². The molecule has 1 amide bonds. The van der Waals surface area contributed by atoms with E-state index in [1.54, 1.807) is 4.57 Å². The first-order valence-electron chi connectivity index (χ1n) is 12.3. The number of amides is 1. The third kappa shape index (κ3) is 5.22. The molecule has 0 saturated carbocycles. The van der Waals surface area contributed by atoms with Crippen LogP contribution in [-0.2, 0) is 11.3 Å². The minimum absolute atomic E-state index is 0.00138. The van der Waals surface area contributed by atoms with E-state index in [9.17, 15) is 9.59 Å². The monoisotopic (exact) mass is 508 g/mol. The molecule has 0 spiro atoms. The van der Waals surface area contributed by atoms with E-state index in [-0.39, 0.29) is 17.2 Å². The Morgan fingerprint density at radius 3 is 2.32 bits per heavy atom. The molecule has 2 aromatic heterocycles. The maximum absolute atomic E-state index is 13.7. The summed E-state index contributed by atoms with van der Waals surface area (Å²) in [5.41, 5.74) is 5.58. The average Bonchev–Trinajstić information content (AvgIpc) is 3.36. The Hall–Kier alpha value is -4.10. The van der Waals surface area contributed by atoms with Gasteiger partial charge in [-0.1, -0.05) is 90.1 Å². The van der Waals surface area contributed by atoms with Crippen LogP contribution in [0.5, 0.6) is 0 Å². The van der Waals surface area contributed by atoms with E-state index >= 15 is 0 Å². The van der Waals surface area contributed by atoms with Crippen LogP contribution in [0.2, 0.25) is 0 Å². The van der Waals surface area contributed by atoms with Crippen molar-refractivity contribution in [1.82, 2.24) is 19.4 Å². The summed E-state index contributed by atoms with van der Waals surface area (Å²) in [5, 5.41) is 0.488. The lowest BCUT2D eigenvalue weighted by Gasteiger charge is -2.21. The number of hydrogen-bond acceptors (Lipinski definition) is 4. The molecule has 5 aromatic rings.